The molecule has 0 bridgehead atoms. The lowest BCUT2D eigenvalue weighted by molar-refractivity contribution is -0.146. The Balaban J connectivity index is 1.39. The molecule has 1 atom stereocenters. The molecule has 2 amide bonds. The maximum absolute atomic E-state index is 12.5. The van der Waals surface area contributed by atoms with Crippen molar-refractivity contribution >= 4 is 12.0 Å². The molecule has 9 nitrogen and oxygen atoms in total. The number of carbonyl (C=O) groups is 2. The Labute approximate surface area is 195 Å². The quantitative estimate of drug-likeness (QED) is 0.356. The molecule has 3 N–H and O–H groups in total. The van der Waals surface area contributed by atoms with Gasteiger partial charge in [-0.1, -0.05) is 48.5 Å². The highest BCUT2D eigenvalue weighted by Crippen LogP contribution is 2.26. The van der Waals surface area contributed by atoms with Crippen LogP contribution in [0.3, 0.4) is 0 Å². The van der Waals surface area contributed by atoms with E-state index in [0.717, 1.165) is 5.56 Å². The molecule has 0 radical (unpaired) electrons. The van der Waals surface area contributed by atoms with Gasteiger partial charge in [0.05, 0.1) is 12.5 Å². The van der Waals surface area contributed by atoms with Crippen molar-refractivity contribution in [1.29, 1.82) is 0 Å². The van der Waals surface area contributed by atoms with Crippen molar-refractivity contribution in [2.45, 2.75) is 19.1 Å². The number of hydrogen-bond donors (Lipinski definition) is 2. The lowest BCUT2D eigenvalue weighted by atomic mass is 10.0. The van der Waals surface area contributed by atoms with E-state index in [1.165, 1.54) is 0 Å². The number of primary amides is 1. The van der Waals surface area contributed by atoms with Crippen LogP contribution in [0.25, 0.3) is 11.5 Å². The number of hydrogen-bond acceptors (Lipinski definition) is 7. The van der Waals surface area contributed by atoms with Crippen LogP contribution in [0.4, 0.5) is 4.79 Å². The summed E-state index contributed by atoms with van der Waals surface area (Å²) in [4.78, 5) is 24.1. The summed E-state index contributed by atoms with van der Waals surface area (Å²) >= 11 is 0. The van der Waals surface area contributed by atoms with Gasteiger partial charge >= 0.3 is 12.0 Å². The van der Waals surface area contributed by atoms with E-state index in [1.807, 2.05) is 60.7 Å². The van der Waals surface area contributed by atoms with Crippen molar-refractivity contribution in [3.63, 3.8) is 0 Å². The van der Waals surface area contributed by atoms with Crippen LogP contribution in [0.2, 0.25) is 0 Å². The summed E-state index contributed by atoms with van der Waals surface area (Å²) in [6.45, 7) is -0.195. The van der Waals surface area contributed by atoms with Crippen LogP contribution >= 0.6 is 0 Å². The third-order valence-corrected chi connectivity index (χ3v) is 4.77. The molecule has 3 aromatic carbocycles. The van der Waals surface area contributed by atoms with E-state index in [4.69, 9.17) is 19.6 Å². The molecule has 0 aliphatic heterocycles. The predicted molar refractivity (Wildman–Crippen MR) is 123 cm³/mol. The van der Waals surface area contributed by atoms with E-state index < -0.39 is 18.0 Å². The van der Waals surface area contributed by atoms with Gasteiger partial charge in [0.2, 0.25) is 5.89 Å². The number of urea groups is 1. The molecule has 1 aromatic heterocycles. The molecule has 0 fully saturated rings. The Kier molecular flexibility index (Phi) is 7.14. The molecule has 0 aliphatic carbocycles. The normalized spacial score (nSPS) is 11.4. The fourth-order valence-electron chi connectivity index (χ4n) is 3.22. The van der Waals surface area contributed by atoms with Crippen LogP contribution in [-0.4, -0.2) is 22.2 Å². The molecule has 0 spiro atoms. The highest BCUT2D eigenvalue weighted by atomic mass is 16.5. The molecule has 9 heteroatoms. The third-order valence-electron chi connectivity index (χ3n) is 4.77. The molecule has 34 heavy (non-hydrogen) atoms. The number of nitrogens with zero attached hydrogens (tertiary/aromatic N) is 2. The van der Waals surface area contributed by atoms with Crippen LogP contribution in [0.1, 0.15) is 23.9 Å². The maximum Gasteiger partial charge on any atom is 0.312 e. The van der Waals surface area contributed by atoms with Gasteiger partial charge in [-0.3, -0.25) is 4.79 Å². The minimum Gasteiger partial charge on any atom is -0.457 e. The summed E-state index contributed by atoms with van der Waals surface area (Å²) in [6.07, 6.45) is -0.155. The Morgan fingerprint density at radius 1 is 0.912 bits per heavy atom. The van der Waals surface area contributed by atoms with Crippen LogP contribution in [0.15, 0.2) is 89.3 Å². The molecular formula is C25H22N4O5. The molecule has 4 aromatic rings. The Morgan fingerprint density at radius 3 is 2.35 bits per heavy atom. The minimum absolute atomic E-state index is 0.155. The predicted octanol–water partition coefficient (Wildman–Crippen LogP) is 4.37. The highest BCUT2D eigenvalue weighted by Gasteiger charge is 2.20. The molecule has 0 saturated carbocycles. The summed E-state index contributed by atoms with van der Waals surface area (Å²) in [7, 11) is 0. The van der Waals surface area contributed by atoms with Crippen LogP contribution in [-0.2, 0) is 16.1 Å². The minimum atomic E-state index is -0.767. The lowest BCUT2D eigenvalue weighted by Gasteiger charge is -2.18. The second kappa shape index (κ2) is 10.8. The van der Waals surface area contributed by atoms with E-state index in [9.17, 15) is 9.59 Å². The zero-order valence-corrected chi connectivity index (χ0v) is 18.1. The van der Waals surface area contributed by atoms with E-state index in [2.05, 4.69) is 15.5 Å². The largest absolute Gasteiger partial charge is 0.457 e. The topological polar surface area (TPSA) is 130 Å². The number of nitrogens with two attached hydrogens (primary N) is 1. The van der Waals surface area contributed by atoms with Gasteiger partial charge in [0, 0.05) is 5.56 Å². The van der Waals surface area contributed by atoms with Gasteiger partial charge in [-0.2, -0.15) is 0 Å². The second-order valence-corrected chi connectivity index (χ2v) is 7.28. The smallest absolute Gasteiger partial charge is 0.312 e. The van der Waals surface area contributed by atoms with Gasteiger partial charge < -0.3 is 24.9 Å². The van der Waals surface area contributed by atoms with Crippen molar-refractivity contribution in [2.24, 2.45) is 5.73 Å². The number of aromatic nitrogens is 2. The first-order valence-corrected chi connectivity index (χ1v) is 10.5. The van der Waals surface area contributed by atoms with Crippen molar-refractivity contribution < 1.29 is 23.5 Å². The third kappa shape index (κ3) is 6.19. The van der Waals surface area contributed by atoms with Gasteiger partial charge in [-0.25, -0.2) is 4.79 Å². The van der Waals surface area contributed by atoms with Crippen molar-refractivity contribution in [1.82, 2.24) is 15.5 Å². The van der Waals surface area contributed by atoms with Gasteiger partial charge in [-0.05, 0) is 42.0 Å². The zero-order chi connectivity index (χ0) is 23.8. The van der Waals surface area contributed by atoms with Gasteiger partial charge in [0.25, 0.3) is 5.89 Å². The van der Waals surface area contributed by atoms with Gasteiger partial charge in [0.15, 0.2) is 6.61 Å². The van der Waals surface area contributed by atoms with Gasteiger partial charge in [-0.15, -0.1) is 10.2 Å². The number of rotatable bonds is 9. The van der Waals surface area contributed by atoms with E-state index >= 15 is 0 Å². The summed E-state index contributed by atoms with van der Waals surface area (Å²) in [5.74, 6) is 1.12. The molecule has 0 unspecified atom stereocenters. The number of amides is 2. The SMILES string of the molecule is NC(=O)N[C@H](CC(=O)OCc1nnc(-c2ccccc2)o1)c1cccc(Oc2ccccc2)c1. The van der Waals surface area contributed by atoms with Crippen molar-refractivity contribution in [2.75, 3.05) is 0 Å². The zero-order valence-electron chi connectivity index (χ0n) is 18.1. The first-order valence-electron chi connectivity index (χ1n) is 10.5. The molecule has 0 saturated heterocycles. The fraction of sp³-hybridized carbons (Fsp3) is 0.120. The van der Waals surface area contributed by atoms with Crippen molar-refractivity contribution in [3.05, 3.63) is 96.4 Å². The first-order chi connectivity index (χ1) is 16.6. The Hall–Kier alpha value is -4.66. The summed E-state index contributed by atoms with van der Waals surface area (Å²) in [5.41, 5.74) is 6.72. The average molecular weight is 458 g/mol. The average Bonchev–Trinajstić information content (AvgIpc) is 3.33. The molecule has 172 valence electrons. The highest BCUT2D eigenvalue weighted by molar-refractivity contribution is 5.75. The number of carbonyl (C=O) groups excluding carboxylic acids is 2. The fourth-order valence-corrected chi connectivity index (χ4v) is 3.22. The van der Waals surface area contributed by atoms with Gasteiger partial charge in [0.1, 0.15) is 11.5 Å². The number of benzene rings is 3. The van der Waals surface area contributed by atoms with Crippen LogP contribution in [0.5, 0.6) is 11.5 Å². The summed E-state index contributed by atoms with van der Waals surface area (Å²) in [5, 5.41) is 10.4. The second-order valence-electron chi connectivity index (χ2n) is 7.28. The maximum atomic E-state index is 12.5. The Morgan fingerprint density at radius 2 is 1.62 bits per heavy atom. The van der Waals surface area contributed by atoms with Crippen LogP contribution in [0, 0.1) is 0 Å². The van der Waals surface area contributed by atoms with Crippen molar-refractivity contribution in [3.8, 4) is 23.0 Å². The van der Waals surface area contributed by atoms with Crippen LogP contribution < -0.4 is 15.8 Å². The summed E-state index contributed by atoms with van der Waals surface area (Å²) in [6, 6.07) is 24.0. The molecule has 4 rings (SSSR count). The lowest BCUT2D eigenvalue weighted by Crippen LogP contribution is -2.34. The molecular weight excluding hydrogens is 436 g/mol. The monoisotopic (exact) mass is 458 g/mol. The van der Waals surface area contributed by atoms with E-state index in [0.29, 0.717) is 23.0 Å². The first kappa shape index (κ1) is 22.5. The molecule has 0 aliphatic rings. The number of ether oxygens (including phenoxy) is 2. The standard InChI is InChI=1S/C25H22N4O5/c26-25(31)27-21(18-10-7-13-20(14-18)33-19-11-5-2-6-12-19)15-23(30)32-16-22-28-29-24(34-22)17-8-3-1-4-9-17/h1-14,21H,15-16H2,(H3,26,27,31)/t21-/m1/s1. The number of nitrogens with one attached hydrogen (secondary N) is 1. The van der Waals surface area contributed by atoms with E-state index in [1.54, 1.807) is 24.3 Å². The van der Waals surface area contributed by atoms with E-state index in [-0.39, 0.29) is 18.9 Å². The number of para-hydroxylation sites is 1. The Bertz CT molecular complexity index is 1240. The molecule has 1 heterocycles. The number of esters is 1. The summed E-state index contributed by atoms with van der Waals surface area (Å²) < 4.78 is 16.7.